The van der Waals surface area contributed by atoms with Crippen molar-refractivity contribution < 1.29 is 14.6 Å². The lowest BCUT2D eigenvalue weighted by atomic mass is 10.2. The molecule has 6 heteroatoms. The fourth-order valence-corrected chi connectivity index (χ4v) is 1.57. The van der Waals surface area contributed by atoms with Gasteiger partial charge in [0.2, 0.25) is 5.88 Å². The van der Waals surface area contributed by atoms with Crippen LogP contribution in [0.25, 0.3) is 5.69 Å². The number of aromatic hydroxyl groups is 1. The largest absolute Gasteiger partial charge is 0.493 e. The predicted molar refractivity (Wildman–Crippen MR) is 58.8 cm³/mol. The maximum absolute atomic E-state index is 12.7. The Morgan fingerprint density at radius 2 is 1.94 bits per heavy atom. The van der Waals surface area contributed by atoms with Crippen molar-refractivity contribution in [3.63, 3.8) is 0 Å². The van der Waals surface area contributed by atoms with Crippen molar-refractivity contribution >= 4 is 0 Å². The summed E-state index contributed by atoms with van der Waals surface area (Å²) in [5.74, 6) is -0.672. The van der Waals surface area contributed by atoms with Gasteiger partial charge in [-0.15, -0.1) is 0 Å². The molecule has 0 aliphatic rings. The molecule has 1 aromatic heterocycles. The third-order valence-electron chi connectivity index (χ3n) is 2.42. The minimum atomic E-state index is -0.471. The minimum Gasteiger partial charge on any atom is -0.493 e. The second-order valence-electron chi connectivity index (χ2n) is 3.53. The number of halogens is 1. The maximum Gasteiger partial charge on any atom is 0.271 e. The van der Waals surface area contributed by atoms with Crippen molar-refractivity contribution in [1.82, 2.24) is 9.78 Å². The molecule has 1 aromatic carbocycles. The van der Waals surface area contributed by atoms with Gasteiger partial charge in [0.1, 0.15) is 5.82 Å². The summed E-state index contributed by atoms with van der Waals surface area (Å²) >= 11 is 0. The van der Waals surface area contributed by atoms with Crippen molar-refractivity contribution in [2.24, 2.45) is 0 Å². The molecule has 90 valence electrons. The van der Waals surface area contributed by atoms with Gasteiger partial charge in [0.15, 0.2) is 0 Å². The molecule has 5 nitrogen and oxygen atoms in total. The average Bonchev–Trinajstić information content (AvgIpc) is 2.59. The Morgan fingerprint density at radius 1 is 1.29 bits per heavy atom. The predicted octanol–water partition coefficient (Wildman–Crippen LogP) is 0.545. The van der Waals surface area contributed by atoms with Crippen molar-refractivity contribution in [2.75, 3.05) is 6.61 Å². The highest BCUT2D eigenvalue weighted by atomic mass is 19.1. The molecule has 3 N–H and O–H groups in total. The molecule has 0 fully saturated rings. The number of hydrogen-bond acceptors (Lipinski definition) is 3. The molecular formula is C11H11FN2O3. The third kappa shape index (κ3) is 2.07. The van der Waals surface area contributed by atoms with Crippen molar-refractivity contribution in [2.45, 2.75) is 6.42 Å². The van der Waals surface area contributed by atoms with Crippen LogP contribution >= 0.6 is 0 Å². The molecule has 0 unspecified atom stereocenters. The number of aliphatic hydroxyl groups is 1. The molecule has 17 heavy (non-hydrogen) atoms. The van der Waals surface area contributed by atoms with Crippen LogP contribution in [0.15, 0.2) is 29.1 Å². The van der Waals surface area contributed by atoms with E-state index in [-0.39, 0.29) is 24.5 Å². The second kappa shape index (κ2) is 4.42. The topological polar surface area (TPSA) is 78.2 Å². The minimum absolute atomic E-state index is 0.0648. The Kier molecular flexibility index (Phi) is 2.97. The standard InChI is InChI=1S/C11H11FN2O3/c12-7-1-3-8(4-2-7)14-11(17)9(5-6-15)10(16)13-14/h1-4,15,17H,5-6H2,(H,13,16). The van der Waals surface area contributed by atoms with Crippen LogP contribution in [0.2, 0.25) is 0 Å². The lowest BCUT2D eigenvalue weighted by Crippen LogP contribution is -2.08. The zero-order valence-electron chi connectivity index (χ0n) is 8.85. The Labute approximate surface area is 95.7 Å². The fraction of sp³-hybridized carbons (Fsp3) is 0.182. The summed E-state index contributed by atoms with van der Waals surface area (Å²) in [6.45, 7) is -0.232. The third-order valence-corrected chi connectivity index (χ3v) is 2.42. The van der Waals surface area contributed by atoms with E-state index in [1.807, 2.05) is 0 Å². The highest BCUT2D eigenvalue weighted by molar-refractivity contribution is 5.37. The monoisotopic (exact) mass is 238 g/mol. The molecule has 0 atom stereocenters. The van der Waals surface area contributed by atoms with Crippen LogP contribution in [0.3, 0.4) is 0 Å². The number of aliphatic hydroxyl groups excluding tert-OH is 1. The highest BCUT2D eigenvalue weighted by Crippen LogP contribution is 2.18. The van der Waals surface area contributed by atoms with E-state index in [4.69, 9.17) is 5.11 Å². The van der Waals surface area contributed by atoms with Crippen LogP contribution in [-0.4, -0.2) is 26.6 Å². The molecule has 0 spiro atoms. The van der Waals surface area contributed by atoms with Gasteiger partial charge in [-0.05, 0) is 24.3 Å². The number of nitrogens with zero attached hydrogens (tertiary/aromatic N) is 1. The fourth-order valence-electron chi connectivity index (χ4n) is 1.57. The quantitative estimate of drug-likeness (QED) is 0.730. The number of aromatic amines is 1. The number of aromatic nitrogens is 2. The van der Waals surface area contributed by atoms with Gasteiger partial charge in [-0.25, -0.2) is 9.07 Å². The molecule has 0 saturated carbocycles. The number of H-pyrrole nitrogens is 1. The smallest absolute Gasteiger partial charge is 0.271 e. The van der Waals surface area contributed by atoms with Gasteiger partial charge in [0.25, 0.3) is 5.56 Å². The summed E-state index contributed by atoms with van der Waals surface area (Å²) in [4.78, 5) is 11.5. The normalized spacial score (nSPS) is 10.7. The van der Waals surface area contributed by atoms with Gasteiger partial charge in [0.05, 0.1) is 11.3 Å². The SMILES string of the molecule is O=c1[nH]n(-c2ccc(F)cc2)c(O)c1CCO. The van der Waals surface area contributed by atoms with Gasteiger partial charge >= 0.3 is 0 Å². The second-order valence-corrected chi connectivity index (χ2v) is 3.53. The van der Waals surface area contributed by atoms with Crippen molar-refractivity contribution in [3.05, 3.63) is 46.0 Å². The molecule has 0 saturated heterocycles. The Morgan fingerprint density at radius 3 is 2.53 bits per heavy atom. The summed E-state index contributed by atoms with van der Waals surface area (Å²) in [6, 6.07) is 5.29. The van der Waals surface area contributed by atoms with Crippen molar-refractivity contribution in [3.8, 4) is 11.6 Å². The van der Waals surface area contributed by atoms with E-state index in [9.17, 15) is 14.3 Å². The Hall–Kier alpha value is -2.08. The lowest BCUT2D eigenvalue weighted by molar-refractivity contribution is 0.296. The number of hydrogen-bond donors (Lipinski definition) is 3. The molecule has 0 aliphatic heterocycles. The number of nitrogens with one attached hydrogen (secondary N) is 1. The van der Waals surface area contributed by atoms with E-state index in [1.54, 1.807) is 0 Å². The van der Waals surface area contributed by atoms with Crippen LogP contribution in [0.1, 0.15) is 5.56 Å². The van der Waals surface area contributed by atoms with E-state index in [1.165, 1.54) is 24.3 Å². The summed E-state index contributed by atoms with van der Waals surface area (Å²) in [6.07, 6.45) is 0.0648. The number of benzene rings is 1. The molecule has 0 aliphatic carbocycles. The maximum atomic E-state index is 12.7. The average molecular weight is 238 g/mol. The molecule has 2 aromatic rings. The van der Waals surface area contributed by atoms with Crippen LogP contribution < -0.4 is 5.56 Å². The molecule has 0 radical (unpaired) electrons. The summed E-state index contributed by atoms with van der Waals surface area (Å²) in [5, 5.41) is 21.0. The first-order valence-electron chi connectivity index (χ1n) is 5.03. The summed E-state index contributed by atoms with van der Waals surface area (Å²) in [5.41, 5.74) is 0.0721. The molecular weight excluding hydrogens is 227 g/mol. The summed E-state index contributed by atoms with van der Waals surface area (Å²) in [7, 11) is 0. The lowest BCUT2D eigenvalue weighted by Gasteiger charge is -2.04. The molecule has 1 heterocycles. The van der Waals surface area contributed by atoms with E-state index >= 15 is 0 Å². The number of rotatable bonds is 3. The zero-order valence-corrected chi connectivity index (χ0v) is 8.85. The first-order valence-corrected chi connectivity index (χ1v) is 5.03. The van der Waals surface area contributed by atoms with Gasteiger partial charge in [-0.2, -0.15) is 0 Å². The van der Waals surface area contributed by atoms with E-state index in [0.717, 1.165) is 4.68 Å². The molecule has 0 bridgehead atoms. The highest BCUT2D eigenvalue weighted by Gasteiger charge is 2.14. The van der Waals surface area contributed by atoms with Crippen LogP contribution in [-0.2, 0) is 6.42 Å². The van der Waals surface area contributed by atoms with E-state index in [2.05, 4.69) is 5.10 Å². The molecule has 0 amide bonds. The Balaban J connectivity index is 2.50. The molecule has 2 rings (SSSR count). The van der Waals surface area contributed by atoms with Crippen molar-refractivity contribution in [1.29, 1.82) is 0 Å². The zero-order chi connectivity index (χ0) is 12.4. The van der Waals surface area contributed by atoms with Crippen LogP contribution in [0.4, 0.5) is 4.39 Å². The summed E-state index contributed by atoms with van der Waals surface area (Å²) < 4.78 is 13.9. The van der Waals surface area contributed by atoms with Gasteiger partial charge in [-0.1, -0.05) is 0 Å². The van der Waals surface area contributed by atoms with Gasteiger partial charge in [-0.3, -0.25) is 9.89 Å². The van der Waals surface area contributed by atoms with E-state index in [0.29, 0.717) is 5.69 Å². The van der Waals surface area contributed by atoms with Crippen LogP contribution in [0.5, 0.6) is 5.88 Å². The first kappa shape index (κ1) is 11.4. The van der Waals surface area contributed by atoms with E-state index < -0.39 is 11.4 Å². The Bertz CT molecular complexity index is 571. The van der Waals surface area contributed by atoms with Gasteiger partial charge in [0, 0.05) is 13.0 Å². The van der Waals surface area contributed by atoms with Crippen LogP contribution in [0, 0.1) is 5.82 Å². The first-order chi connectivity index (χ1) is 8.13. The van der Waals surface area contributed by atoms with Gasteiger partial charge < -0.3 is 10.2 Å².